The molecule has 7 heteroatoms. The summed E-state index contributed by atoms with van der Waals surface area (Å²) >= 11 is 0. The molecule has 5 rings (SSSR count). The van der Waals surface area contributed by atoms with E-state index < -0.39 is 0 Å². The molecule has 0 saturated heterocycles. The third-order valence-electron chi connectivity index (χ3n) is 5.79. The van der Waals surface area contributed by atoms with Crippen LogP contribution >= 0.6 is 0 Å². The first-order valence-electron chi connectivity index (χ1n) is 10.8. The highest BCUT2D eigenvalue weighted by molar-refractivity contribution is 6.06. The number of pyridine rings is 1. The van der Waals surface area contributed by atoms with Gasteiger partial charge in [-0.2, -0.15) is 10.2 Å². The van der Waals surface area contributed by atoms with Crippen LogP contribution in [0.3, 0.4) is 0 Å². The standard InChI is InChI=1S/C24H26N6O/c1-15-13-16(2)29(27-15)12-11-25-24(31)20-14-21(18-9-10-18)26-23-22(20)17(3)28-30(23)19-7-5-4-6-8-19/h4-8,13-14,18H,9-12H2,1-3H3,(H,25,31). The maximum absolute atomic E-state index is 13.2. The van der Waals surface area contributed by atoms with Crippen molar-refractivity contribution in [3.05, 3.63) is 70.8 Å². The number of hydrogen-bond acceptors (Lipinski definition) is 4. The summed E-state index contributed by atoms with van der Waals surface area (Å²) in [6.45, 7) is 7.08. The number of aromatic nitrogens is 5. The van der Waals surface area contributed by atoms with Gasteiger partial charge in [0.2, 0.25) is 0 Å². The number of para-hydroxylation sites is 1. The van der Waals surface area contributed by atoms with Crippen LogP contribution in [0.4, 0.5) is 0 Å². The molecule has 1 aromatic carbocycles. The summed E-state index contributed by atoms with van der Waals surface area (Å²) in [5, 5.41) is 13.1. The number of amides is 1. The van der Waals surface area contributed by atoms with Gasteiger partial charge in [0.15, 0.2) is 5.65 Å². The Kier molecular flexibility index (Phi) is 4.81. The number of nitrogens with one attached hydrogen (secondary N) is 1. The minimum atomic E-state index is -0.0912. The first-order chi connectivity index (χ1) is 15.0. The molecule has 0 bridgehead atoms. The minimum Gasteiger partial charge on any atom is -0.350 e. The van der Waals surface area contributed by atoms with Crippen molar-refractivity contribution in [2.45, 2.75) is 46.1 Å². The lowest BCUT2D eigenvalue weighted by atomic mass is 10.1. The first-order valence-corrected chi connectivity index (χ1v) is 10.8. The highest BCUT2D eigenvalue weighted by Gasteiger charge is 2.29. The summed E-state index contributed by atoms with van der Waals surface area (Å²) in [7, 11) is 0. The number of hydrogen-bond donors (Lipinski definition) is 1. The van der Waals surface area contributed by atoms with Gasteiger partial charge in [-0.3, -0.25) is 9.48 Å². The zero-order chi connectivity index (χ0) is 21.5. The van der Waals surface area contributed by atoms with Crippen LogP contribution < -0.4 is 5.32 Å². The Labute approximate surface area is 181 Å². The van der Waals surface area contributed by atoms with E-state index in [1.807, 2.05) is 72.6 Å². The van der Waals surface area contributed by atoms with Gasteiger partial charge >= 0.3 is 0 Å². The number of fused-ring (bicyclic) bond motifs is 1. The third-order valence-corrected chi connectivity index (χ3v) is 5.79. The Morgan fingerprint density at radius 1 is 1.10 bits per heavy atom. The fraction of sp³-hybridized carbons (Fsp3) is 0.333. The maximum atomic E-state index is 13.2. The lowest BCUT2D eigenvalue weighted by molar-refractivity contribution is 0.0953. The summed E-state index contributed by atoms with van der Waals surface area (Å²) in [5.74, 6) is 0.344. The molecular weight excluding hydrogens is 388 g/mol. The van der Waals surface area contributed by atoms with Gasteiger partial charge in [0, 0.05) is 23.9 Å². The van der Waals surface area contributed by atoms with Crippen LogP contribution in [0.5, 0.6) is 0 Å². The molecule has 158 valence electrons. The van der Waals surface area contributed by atoms with Gasteiger partial charge in [0.1, 0.15) is 0 Å². The molecule has 31 heavy (non-hydrogen) atoms. The largest absolute Gasteiger partial charge is 0.350 e. The predicted molar refractivity (Wildman–Crippen MR) is 120 cm³/mol. The van der Waals surface area contributed by atoms with E-state index >= 15 is 0 Å². The SMILES string of the molecule is Cc1cc(C)n(CCNC(=O)c2cc(C3CC3)nc3c2c(C)nn3-c2ccccc2)n1. The summed E-state index contributed by atoms with van der Waals surface area (Å²) in [6, 6.07) is 14.0. The molecule has 0 radical (unpaired) electrons. The minimum absolute atomic E-state index is 0.0912. The molecule has 0 spiro atoms. The second-order valence-electron chi connectivity index (χ2n) is 8.31. The average Bonchev–Trinajstić information content (AvgIpc) is 3.50. The van der Waals surface area contributed by atoms with Gasteiger partial charge < -0.3 is 5.32 Å². The summed E-state index contributed by atoms with van der Waals surface area (Å²) < 4.78 is 3.77. The average molecular weight is 415 g/mol. The number of carbonyl (C=O) groups is 1. The van der Waals surface area contributed by atoms with Gasteiger partial charge in [-0.05, 0) is 57.9 Å². The number of rotatable bonds is 6. The molecule has 0 aliphatic heterocycles. The Hall–Kier alpha value is -3.48. The molecule has 1 aliphatic rings. The molecule has 3 aromatic heterocycles. The summed E-state index contributed by atoms with van der Waals surface area (Å²) in [4.78, 5) is 18.2. The second kappa shape index (κ2) is 7.65. The number of nitrogens with zero attached hydrogens (tertiary/aromatic N) is 5. The van der Waals surface area contributed by atoms with E-state index in [1.54, 1.807) is 0 Å². The van der Waals surface area contributed by atoms with E-state index in [1.165, 1.54) is 0 Å². The molecule has 1 saturated carbocycles. The lowest BCUT2D eigenvalue weighted by Gasteiger charge is -2.10. The van der Waals surface area contributed by atoms with Gasteiger partial charge in [-0.1, -0.05) is 18.2 Å². The van der Waals surface area contributed by atoms with Crippen LogP contribution in [-0.2, 0) is 6.54 Å². The normalized spacial score (nSPS) is 13.6. The van der Waals surface area contributed by atoms with Gasteiger partial charge in [0.25, 0.3) is 5.91 Å². The summed E-state index contributed by atoms with van der Waals surface area (Å²) in [6.07, 6.45) is 2.24. The third kappa shape index (κ3) is 3.71. The number of carbonyl (C=O) groups excluding carboxylic acids is 1. The zero-order valence-corrected chi connectivity index (χ0v) is 18.1. The number of benzene rings is 1. The van der Waals surface area contributed by atoms with Crippen molar-refractivity contribution in [2.24, 2.45) is 0 Å². The molecule has 7 nitrogen and oxygen atoms in total. The molecule has 3 heterocycles. The molecule has 1 aliphatic carbocycles. The highest BCUT2D eigenvalue weighted by atomic mass is 16.1. The van der Waals surface area contributed by atoms with E-state index in [4.69, 9.17) is 10.1 Å². The van der Waals surface area contributed by atoms with Crippen molar-refractivity contribution in [3.8, 4) is 5.69 Å². The highest BCUT2D eigenvalue weighted by Crippen LogP contribution is 2.40. The van der Waals surface area contributed by atoms with Crippen LogP contribution in [0.2, 0.25) is 0 Å². The smallest absolute Gasteiger partial charge is 0.252 e. The van der Waals surface area contributed by atoms with Crippen molar-refractivity contribution < 1.29 is 4.79 Å². The van der Waals surface area contributed by atoms with Crippen molar-refractivity contribution in [1.82, 2.24) is 29.9 Å². The van der Waals surface area contributed by atoms with Crippen LogP contribution in [0.15, 0.2) is 42.5 Å². The van der Waals surface area contributed by atoms with Gasteiger partial charge in [-0.15, -0.1) is 0 Å². The van der Waals surface area contributed by atoms with Crippen LogP contribution in [0, 0.1) is 20.8 Å². The Bertz CT molecular complexity index is 1270. The van der Waals surface area contributed by atoms with Crippen molar-refractivity contribution in [2.75, 3.05) is 6.54 Å². The summed E-state index contributed by atoms with van der Waals surface area (Å²) in [5.41, 5.74) is 6.20. The van der Waals surface area contributed by atoms with Crippen molar-refractivity contribution >= 4 is 16.9 Å². The van der Waals surface area contributed by atoms with Gasteiger partial charge in [-0.25, -0.2) is 9.67 Å². The zero-order valence-electron chi connectivity index (χ0n) is 18.1. The van der Waals surface area contributed by atoms with Crippen molar-refractivity contribution in [3.63, 3.8) is 0 Å². The Morgan fingerprint density at radius 2 is 1.87 bits per heavy atom. The van der Waals surface area contributed by atoms with E-state index in [0.29, 0.717) is 24.6 Å². The quantitative estimate of drug-likeness (QED) is 0.520. The Morgan fingerprint density at radius 3 is 2.55 bits per heavy atom. The fourth-order valence-corrected chi connectivity index (χ4v) is 4.10. The molecule has 1 fully saturated rings. The molecule has 4 aromatic rings. The fourth-order valence-electron chi connectivity index (χ4n) is 4.10. The van der Waals surface area contributed by atoms with Crippen LogP contribution in [-0.4, -0.2) is 37.0 Å². The number of aryl methyl sites for hydroxylation is 3. The lowest BCUT2D eigenvalue weighted by Crippen LogP contribution is -2.28. The van der Waals surface area contributed by atoms with Crippen molar-refractivity contribution in [1.29, 1.82) is 0 Å². The van der Waals surface area contributed by atoms with E-state index in [9.17, 15) is 4.79 Å². The first kappa shape index (κ1) is 19.5. The van der Waals surface area contributed by atoms with Gasteiger partial charge in [0.05, 0.1) is 34.6 Å². The second-order valence-corrected chi connectivity index (χ2v) is 8.31. The Balaban J connectivity index is 1.49. The molecule has 1 N–H and O–H groups in total. The van der Waals surface area contributed by atoms with E-state index in [0.717, 1.165) is 52.3 Å². The predicted octanol–water partition coefficient (Wildman–Crippen LogP) is 3.85. The van der Waals surface area contributed by atoms with Crippen LogP contribution in [0.1, 0.15) is 51.9 Å². The van der Waals surface area contributed by atoms with E-state index in [-0.39, 0.29) is 5.91 Å². The maximum Gasteiger partial charge on any atom is 0.252 e. The molecule has 1 amide bonds. The monoisotopic (exact) mass is 414 g/mol. The molecule has 0 unspecified atom stereocenters. The topological polar surface area (TPSA) is 77.6 Å². The van der Waals surface area contributed by atoms with E-state index in [2.05, 4.69) is 10.4 Å². The van der Waals surface area contributed by atoms with Crippen LogP contribution in [0.25, 0.3) is 16.7 Å². The molecular formula is C24H26N6O. The molecule has 0 atom stereocenters.